The molecule has 0 bridgehead atoms. The highest BCUT2D eigenvalue weighted by molar-refractivity contribution is 7.87. The van der Waals surface area contributed by atoms with Crippen LogP contribution in [0.3, 0.4) is 0 Å². The minimum atomic E-state index is -5.88. The molecule has 7 nitrogen and oxygen atoms in total. The molecular weight excluding hydrogens is 302 g/mol. The topological polar surface area (TPSA) is 99.1 Å². The molecule has 2 rings (SSSR count). The third-order valence-corrected chi connectivity index (χ3v) is 4.13. The SMILES string of the molecule is O=C(OC1CCCCC12OCCO2)C(F)(F)S(=O)(=O)O. The molecule has 2 fully saturated rings. The number of alkyl halides is 2. The minimum Gasteiger partial charge on any atom is -0.451 e. The molecule has 116 valence electrons. The Hall–Kier alpha value is -0.840. The molecule has 1 N–H and O–H groups in total. The normalized spacial score (nSPS) is 26.6. The van der Waals surface area contributed by atoms with Gasteiger partial charge in [0, 0.05) is 6.42 Å². The van der Waals surface area contributed by atoms with Crippen molar-refractivity contribution < 1.29 is 40.8 Å². The van der Waals surface area contributed by atoms with Gasteiger partial charge in [-0.05, 0) is 19.3 Å². The third-order valence-electron chi connectivity index (χ3n) is 3.32. The van der Waals surface area contributed by atoms with E-state index in [0.717, 1.165) is 0 Å². The summed E-state index contributed by atoms with van der Waals surface area (Å²) >= 11 is 0. The van der Waals surface area contributed by atoms with E-state index < -0.39 is 33.2 Å². The van der Waals surface area contributed by atoms with Gasteiger partial charge in [-0.3, -0.25) is 4.55 Å². The molecule has 2 aliphatic rings. The Kier molecular flexibility index (Phi) is 4.02. The van der Waals surface area contributed by atoms with Gasteiger partial charge in [-0.15, -0.1) is 0 Å². The zero-order valence-corrected chi connectivity index (χ0v) is 11.2. The number of esters is 1. The highest BCUT2D eigenvalue weighted by atomic mass is 32.2. The van der Waals surface area contributed by atoms with Crippen molar-refractivity contribution in [2.45, 2.75) is 42.8 Å². The average molecular weight is 316 g/mol. The first-order valence-electron chi connectivity index (χ1n) is 6.03. The van der Waals surface area contributed by atoms with Gasteiger partial charge in [-0.1, -0.05) is 0 Å². The Bertz CT molecular complexity index is 484. The van der Waals surface area contributed by atoms with Crippen LogP contribution in [-0.4, -0.2) is 49.3 Å². The molecule has 1 aliphatic carbocycles. The molecule has 0 aromatic heterocycles. The summed E-state index contributed by atoms with van der Waals surface area (Å²) in [6, 6.07) is 0. The standard InChI is InChI=1S/C10H14F2O7S/c11-10(12,20(14,15)16)8(13)19-7-3-1-2-4-9(7)17-5-6-18-9/h7H,1-6H2,(H,14,15,16). The molecule has 1 saturated heterocycles. The van der Waals surface area contributed by atoms with E-state index in [1.54, 1.807) is 0 Å². The highest BCUT2D eigenvalue weighted by Gasteiger charge is 2.57. The van der Waals surface area contributed by atoms with Gasteiger partial charge in [-0.25, -0.2) is 4.79 Å². The van der Waals surface area contributed by atoms with Gasteiger partial charge in [0.1, 0.15) is 0 Å². The maximum atomic E-state index is 13.2. The van der Waals surface area contributed by atoms with Gasteiger partial charge in [0.2, 0.25) is 5.79 Å². The van der Waals surface area contributed by atoms with Gasteiger partial charge >= 0.3 is 21.3 Å². The first-order valence-corrected chi connectivity index (χ1v) is 7.47. The second-order valence-corrected chi connectivity index (χ2v) is 6.10. The van der Waals surface area contributed by atoms with E-state index >= 15 is 0 Å². The third kappa shape index (κ3) is 2.65. The molecule has 1 heterocycles. The first kappa shape index (κ1) is 15.5. The van der Waals surface area contributed by atoms with E-state index in [2.05, 4.69) is 4.74 Å². The lowest BCUT2D eigenvalue weighted by Crippen LogP contribution is -2.51. The molecular formula is C10H14F2O7S. The lowest BCUT2D eigenvalue weighted by molar-refractivity contribution is -0.250. The van der Waals surface area contributed by atoms with Crippen molar-refractivity contribution >= 4 is 16.1 Å². The lowest BCUT2D eigenvalue weighted by Gasteiger charge is -2.38. The summed E-state index contributed by atoms with van der Waals surface area (Å²) in [5.74, 6) is -3.62. The van der Waals surface area contributed by atoms with Crippen LogP contribution >= 0.6 is 0 Å². The first-order chi connectivity index (χ1) is 9.19. The number of ether oxygens (including phenoxy) is 3. The molecule has 0 aromatic rings. The Labute approximate surface area is 113 Å². The van der Waals surface area contributed by atoms with Gasteiger partial charge in [-0.2, -0.15) is 17.2 Å². The van der Waals surface area contributed by atoms with E-state index in [0.29, 0.717) is 19.3 Å². The lowest BCUT2D eigenvalue weighted by atomic mass is 9.91. The number of hydrogen-bond donors (Lipinski definition) is 1. The van der Waals surface area contributed by atoms with Crippen LogP contribution in [0.5, 0.6) is 0 Å². The van der Waals surface area contributed by atoms with Crippen molar-refractivity contribution in [3.63, 3.8) is 0 Å². The van der Waals surface area contributed by atoms with Crippen molar-refractivity contribution in [3.8, 4) is 0 Å². The smallest absolute Gasteiger partial charge is 0.451 e. The fraction of sp³-hybridized carbons (Fsp3) is 0.900. The van der Waals surface area contributed by atoms with Crippen molar-refractivity contribution in [1.29, 1.82) is 0 Å². The molecule has 1 spiro atoms. The predicted octanol–water partition coefficient (Wildman–Crippen LogP) is 0.696. The highest BCUT2D eigenvalue weighted by Crippen LogP contribution is 2.39. The Morgan fingerprint density at radius 3 is 2.45 bits per heavy atom. The molecule has 20 heavy (non-hydrogen) atoms. The van der Waals surface area contributed by atoms with Gasteiger partial charge in [0.15, 0.2) is 6.10 Å². The number of carbonyl (C=O) groups is 1. The summed E-state index contributed by atoms with van der Waals surface area (Å²) < 4.78 is 70.9. The van der Waals surface area contributed by atoms with Crippen molar-refractivity contribution in [3.05, 3.63) is 0 Å². The Morgan fingerprint density at radius 1 is 1.30 bits per heavy atom. The predicted molar refractivity (Wildman–Crippen MR) is 59.5 cm³/mol. The molecule has 1 saturated carbocycles. The van der Waals surface area contributed by atoms with Crippen LogP contribution in [0.2, 0.25) is 0 Å². The van der Waals surface area contributed by atoms with Gasteiger partial charge < -0.3 is 14.2 Å². The maximum absolute atomic E-state index is 13.2. The summed E-state index contributed by atoms with van der Waals surface area (Å²) in [7, 11) is -5.88. The van der Waals surface area contributed by atoms with Crippen LogP contribution in [-0.2, 0) is 29.1 Å². The largest absolute Gasteiger partial charge is 0.465 e. The Balaban J connectivity index is 2.14. The van der Waals surface area contributed by atoms with Crippen LogP contribution in [0.25, 0.3) is 0 Å². The summed E-state index contributed by atoms with van der Waals surface area (Å²) in [5.41, 5.74) is 0. The average Bonchev–Trinajstić information content (AvgIpc) is 2.80. The molecule has 0 radical (unpaired) electrons. The second kappa shape index (κ2) is 5.17. The molecule has 0 aromatic carbocycles. The summed E-state index contributed by atoms with van der Waals surface area (Å²) in [5, 5.41) is -5.01. The molecule has 1 unspecified atom stereocenters. The minimum absolute atomic E-state index is 0.216. The summed E-state index contributed by atoms with van der Waals surface area (Å²) in [6.07, 6.45) is 0.765. The summed E-state index contributed by atoms with van der Waals surface area (Å²) in [4.78, 5) is 11.3. The van der Waals surface area contributed by atoms with Crippen LogP contribution in [0, 0.1) is 0 Å². The van der Waals surface area contributed by atoms with Gasteiger partial charge in [0.25, 0.3) is 0 Å². The van der Waals surface area contributed by atoms with E-state index in [4.69, 9.17) is 14.0 Å². The fourth-order valence-electron chi connectivity index (χ4n) is 2.33. The Morgan fingerprint density at radius 2 is 1.90 bits per heavy atom. The van der Waals surface area contributed by atoms with Crippen LogP contribution in [0.1, 0.15) is 25.7 Å². The fourth-order valence-corrected chi connectivity index (χ4v) is 2.59. The van der Waals surface area contributed by atoms with Crippen molar-refractivity contribution in [1.82, 2.24) is 0 Å². The maximum Gasteiger partial charge on any atom is 0.465 e. The molecule has 0 amide bonds. The zero-order valence-electron chi connectivity index (χ0n) is 10.4. The molecule has 1 atom stereocenters. The van der Waals surface area contributed by atoms with E-state index in [9.17, 15) is 22.0 Å². The molecule has 1 aliphatic heterocycles. The number of hydrogen-bond acceptors (Lipinski definition) is 6. The molecule has 10 heteroatoms. The van der Waals surface area contributed by atoms with Crippen LogP contribution in [0.15, 0.2) is 0 Å². The number of carbonyl (C=O) groups excluding carboxylic acids is 1. The van der Waals surface area contributed by atoms with Crippen LogP contribution < -0.4 is 0 Å². The zero-order chi connectivity index (χ0) is 15.0. The van der Waals surface area contributed by atoms with Gasteiger partial charge in [0.05, 0.1) is 13.2 Å². The van der Waals surface area contributed by atoms with Crippen molar-refractivity contribution in [2.24, 2.45) is 0 Å². The van der Waals surface area contributed by atoms with E-state index in [1.807, 2.05) is 0 Å². The number of halogens is 2. The van der Waals surface area contributed by atoms with E-state index in [1.165, 1.54) is 0 Å². The quantitative estimate of drug-likeness (QED) is 0.604. The second-order valence-electron chi connectivity index (χ2n) is 4.64. The van der Waals surface area contributed by atoms with Crippen molar-refractivity contribution in [2.75, 3.05) is 13.2 Å². The van der Waals surface area contributed by atoms with Crippen LogP contribution in [0.4, 0.5) is 8.78 Å². The van der Waals surface area contributed by atoms with E-state index in [-0.39, 0.29) is 19.6 Å². The summed E-state index contributed by atoms with van der Waals surface area (Å²) in [6.45, 7) is 0.478. The monoisotopic (exact) mass is 316 g/mol. The number of rotatable bonds is 3.